The monoisotopic (exact) mass is 410 g/mol. The maximum atomic E-state index is 12.6. The molecule has 3 rings (SSSR count). The van der Waals surface area contributed by atoms with Crippen LogP contribution in [-0.2, 0) is 21.3 Å². The second-order valence-corrected chi connectivity index (χ2v) is 8.93. The summed E-state index contributed by atoms with van der Waals surface area (Å²) in [5.74, 6) is -0.0367. The van der Waals surface area contributed by atoms with Crippen LogP contribution in [0, 0.1) is 6.92 Å². The lowest BCUT2D eigenvalue weighted by Gasteiger charge is -2.27. The SMILES string of the molecule is COC(=O)c1sccc1S(=O)(=O)NCc1cc(C)nc(N2CCCCC2)n1. The van der Waals surface area contributed by atoms with Crippen LogP contribution in [0.1, 0.15) is 40.3 Å². The molecule has 1 saturated heterocycles. The summed E-state index contributed by atoms with van der Waals surface area (Å²) in [6.45, 7) is 3.70. The molecule has 0 unspecified atom stereocenters. The minimum Gasteiger partial charge on any atom is -0.465 e. The van der Waals surface area contributed by atoms with E-state index in [9.17, 15) is 13.2 Å². The van der Waals surface area contributed by atoms with Gasteiger partial charge in [-0.05, 0) is 43.7 Å². The van der Waals surface area contributed by atoms with Crippen molar-refractivity contribution >= 4 is 33.3 Å². The van der Waals surface area contributed by atoms with E-state index in [2.05, 4.69) is 24.3 Å². The highest BCUT2D eigenvalue weighted by atomic mass is 32.2. The van der Waals surface area contributed by atoms with E-state index in [0.717, 1.165) is 43.0 Å². The van der Waals surface area contributed by atoms with Gasteiger partial charge in [-0.15, -0.1) is 11.3 Å². The van der Waals surface area contributed by atoms with E-state index in [1.165, 1.54) is 19.6 Å². The number of sulfonamides is 1. The van der Waals surface area contributed by atoms with Crippen LogP contribution in [-0.4, -0.2) is 44.6 Å². The molecule has 0 radical (unpaired) electrons. The van der Waals surface area contributed by atoms with Gasteiger partial charge in [0, 0.05) is 18.8 Å². The van der Waals surface area contributed by atoms with Crippen LogP contribution in [0.5, 0.6) is 0 Å². The minimum atomic E-state index is -3.87. The van der Waals surface area contributed by atoms with Gasteiger partial charge in [0.2, 0.25) is 16.0 Å². The third-order valence-corrected chi connectivity index (χ3v) is 6.73. The molecular weight excluding hydrogens is 388 g/mol. The Kier molecular flexibility index (Phi) is 6.08. The molecule has 2 aromatic heterocycles. The normalized spacial score (nSPS) is 15.0. The van der Waals surface area contributed by atoms with Crippen molar-refractivity contribution in [3.63, 3.8) is 0 Å². The fourth-order valence-electron chi connectivity index (χ4n) is 2.94. The van der Waals surface area contributed by atoms with E-state index >= 15 is 0 Å². The van der Waals surface area contributed by atoms with Gasteiger partial charge in [-0.25, -0.2) is 27.9 Å². The summed E-state index contributed by atoms with van der Waals surface area (Å²) in [6.07, 6.45) is 3.42. The number of piperidine rings is 1. The molecule has 0 bridgehead atoms. The van der Waals surface area contributed by atoms with Gasteiger partial charge in [-0.3, -0.25) is 0 Å². The molecule has 2 aromatic rings. The predicted molar refractivity (Wildman–Crippen MR) is 103 cm³/mol. The predicted octanol–water partition coefficient (Wildman–Crippen LogP) is 2.10. The third kappa shape index (κ3) is 4.63. The Labute approximate surface area is 162 Å². The number of aromatic nitrogens is 2. The second-order valence-electron chi connectivity index (χ2n) is 6.28. The highest BCUT2D eigenvalue weighted by Gasteiger charge is 2.24. The van der Waals surface area contributed by atoms with Crippen LogP contribution >= 0.6 is 11.3 Å². The number of carbonyl (C=O) groups is 1. The highest BCUT2D eigenvalue weighted by molar-refractivity contribution is 7.89. The molecule has 0 saturated carbocycles. The number of hydrogen-bond acceptors (Lipinski definition) is 8. The minimum absolute atomic E-state index is 0.0169. The molecule has 0 aliphatic carbocycles. The van der Waals surface area contributed by atoms with Crippen LogP contribution < -0.4 is 9.62 Å². The Morgan fingerprint density at radius 3 is 2.74 bits per heavy atom. The van der Waals surface area contributed by atoms with Crippen molar-refractivity contribution in [1.82, 2.24) is 14.7 Å². The number of aryl methyl sites for hydroxylation is 1. The van der Waals surface area contributed by atoms with Gasteiger partial charge in [-0.2, -0.15) is 0 Å². The Hall–Kier alpha value is -2.04. The molecule has 146 valence electrons. The maximum Gasteiger partial charge on any atom is 0.349 e. The number of nitrogens with zero attached hydrogens (tertiary/aromatic N) is 3. The summed E-state index contributed by atoms with van der Waals surface area (Å²) < 4.78 is 32.4. The number of rotatable bonds is 6. The molecule has 0 spiro atoms. The second kappa shape index (κ2) is 8.32. The summed E-state index contributed by atoms with van der Waals surface area (Å²) in [7, 11) is -2.65. The molecule has 10 heteroatoms. The van der Waals surface area contributed by atoms with Crippen molar-refractivity contribution in [2.45, 2.75) is 37.6 Å². The average Bonchev–Trinajstić information content (AvgIpc) is 3.17. The lowest BCUT2D eigenvalue weighted by molar-refractivity contribution is 0.0602. The first kappa shape index (κ1) is 19.7. The molecule has 0 amide bonds. The zero-order chi connectivity index (χ0) is 19.4. The van der Waals surface area contributed by atoms with E-state index in [0.29, 0.717) is 11.6 Å². The van der Waals surface area contributed by atoms with Crippen molar-refractivity contribution in [3.05, 3.63) is 33.8 Å². The fourth-order valence-corrected chi connectivity index (χ4v) is 5.27. The molecule has 8 nitrogen and oxygen atoms in total. The molecular formula is C17H22N4O4S2. The first-order chi connectivity index (χ1) is 12.9. The van der Waals surface area contributed by atoms with E-state index < -0.39 is 16.0 Å². The van der Waals surface area contributed by atoms with Gasteiger partial charge >= 0.3 is 5.97 Å². The zero-order valence-electron chi connectivity index (χ0n) is 15.3. The molecule has 1 fully saturated rings. The van der Waals surface area contributed by atoms with Crippen LogP contribution in [0.2, 0.25) is 0 Å². The largest absolute Gasteiger partial charge is 0.465 e. The van der Waals surface area contributed by atoms with Crippen LogP contribution in [0.25, 0.3) is 0 Å². The molecule has 1 aliphatic rings. The van der Waals surface area contributed by atoms with Crippen molar-refractivity contribution in [3.8, 4) is 0 Å². The zero-order valence-corrected chi connectivity index (χ0v) is 16.9. The van der Waals surface area contributed by atoms with Gasteiger partial charge in [0.15, 0.2) is 0 Å². The lowest BCUT2D eigenvalue weighted by atomic mass is 10.1. The Balaban J connectivity index is 1.77. The first-order valence-corrected chi connectivity index (χ1v) is 11.0. The number of carbonyl (C=O) groups excluding carboxylic acids is 1. The third-order valence-electron chi connectivity index (χ3n) is 4.27. The summed E-state index contributed by atoms with van der Waals surface area (Å²) in [5.41, 5.74) is 1.37. The number of anilines is 1. The van der Waals surface area contributed by atoms with Gasteiger partial charge in [-0.1, -0.05) is 0 Å². The Bertz CT molecular complexity index is 921. The topological polar surface area (TPSA) is 101 Å². The molecule has 27 heavy (non-hydrogen) atoms. The fraction of sp³-hybridized carbons (Fsp3) is 0.471. The molecule has 1 N–H and O–H groups in total. The van der Waals surface area contributed by atoms with Crippen molar-refractivity contribution in [2.75, 3.05) is 25.1 Å². The van der Waals surface area contributed by atoms with Crippen LogP contribution in [0.15, 0.2) is 22.4 Å². The maximum absolute atomic E-state index is 12.6. The Morgan fingerprint density at radius 1 is 1.30 bits per heavy atom. The van der Waals surface area contributed by atoms with Gasteiger partial charge in [0.25, 0.3) is 0 Å². The number of methoxy groups -OCH3 is 1. The quantitative estimate of drug-likeness (QED) is 0.728. The van der Waals surface area contributed by atoms with Gasteiger partial charge < -0.3 is 9.64 Å². The van der Waals surface area contributed by atoms with Crippen molar-refractivity contribution in [1.29, 1.82) is 0 Å². The average molecular weight is 411 g/mol. The van der Waals surface area contributed by atoms with Crippen LogP contribution in [0.4, 0.5) is 5.95 Å². The number of thiophene rings is 1. The van der Waals surface area contributed by atoms with Gasteiger partial charge in [0.05, 0.1) is 19.3 Å². The van der Waals surface area contributed by atoms with Gasteiger partial charge in [0.1, 0.15) is 9.77 Å². The summed E-state index contributed by atoms with van der Waals surface area (Å²) >= 11 is 1.03. The number of esters is 1. The Morgan fingerprint density at radius 2 is 2.04 bits per heavy atom. The van der Waals surface area contributed by atoms with E-state index in [1.54, 1.807) is 11.4 Å². The number of hydrogen-bond donors (Lipinski definition) is 1. The summed E-state index contributed by atoms with van der Waals surface area (Å²) in [4.78, 5) is 22.8. The first-order valence-electron chi connectivity index (χ1n) is 8.65. The molecule has 3 heterocycles. The van der Waals surface area contributed by atoms with Crippen LogP contribution in [0.3, 0.4) is 0 Å². The number of nitrogens with one attached hydrogen (secondary N) is 1. The van der Waals surface area contributed by atoms with Crippen molar-refractivity contribution < 1.29 is 17.9 Å². The molecule has 1 aliphatic heterocycles. The van der Waals surface area contributed by atoms with E-state index in [-0.39, 0.29) is 16.3 Å². The highest BCUT2D eigenvalue weighted by Crippen LogP contribution is 2.23. The summed E-state index contributed by atoms with van der Waals surface area (Å²) in [5, 5.41) is 1.55. The van der Waals surface area contributed by atoms with Crippen molar-refractivity contribution in [2.24, 2.45) is 0 Å². The molecule has 0 atom stereocenters. The summed E-state index contributed by atoms with van der Waals surface area (Å²) in [6, 6.07) is 3.15. The lowest BCUT2D eigenvalue weighted by Crippen LogP contribution is -2.32. The number of ether oxygens (including phenoxy) is 1. The van der Waals surface area contributed by atoms with E-state index in [1.807, 2.05) is 6.92 Å². The smallest absolute Gasteiger partial charge is 0.349 e. The molecule has 0 aromatic carbocycles. The van der Waals surface area contributed by atoms with E-state index in [4.69, 9.17) is 0 Å². The standard InChI is InChI=1S/C17H22N4O4S2/c1-12-10-13(20-17(19-12)21-7-4-3-5-8-21)11-18-27(23,24)14-6-9-26-15(14)16(22)25-2/h6,9-10,18H,3-5,7-8,11H2,1-2H3.